The van der Waals surface area contributed by atoms with E-state index in [0.29, 0.717) is 38.5 Å². The molecule has 0 unspecified atom stereocenters. The zero-order valence-electron chi connectivity index (χ0n) is 20.0. The van der Waals surface area contributed by atoms with Crippen molar-refractivity contribution in [3.05, 3.63) is 65.7 Å². The highest BCUT2D eigenvalue weighted by Crippen LogP contribution is 2.36. The average Bonchev–Trinajstić information content (AvgIpc) is 3.08. The smallest absolute Gasteiger partial charge is 0.325 e. The largest absolute Gasteiger partial charge is 0.489 e. The Balaban J connectivity index is 1.33. The predicted molar refractivity (Wildman–Crippen MR) is 129 cm³/mol. The summed E-state index contributed by atoms with van der Waals surface area (Å²) in [5, 5.41) is 2.88. The molecule has 2 aromatic rings. The van der Waals surface area contributed by atoms with Gasteiger partial charge in [0.05, 0.1) is 0 Å². The minimum atomic E-state index is -0.823. The summed E-state index contributed by atoms with van der Waals surface area (Å²) in [6, 6.07) is 17.2. The molecule has 4 rings (SSSR count). The second kappa shape index (κ2) is 10.3. The third-order valence-electron chi connectivity index (χ3n) is 6.95. The van der Waals surface area contributed by atoms with Crippen molar-refractivity contribution < 1.29 is 19.1 Å². The zero-order chi connectivity index (χ0) is 24.1. The Bertz CT molecular complexity index is 1010. The second-order valence-corrected chi connectivity index (χ2v) is 9.41. The van der Waals surface area contributed by atoms with Crippen molar-refractivity contribution in [1.82, 2.24) is 15.1 Å². The van der Waals surface area contributed by atoms with Gasteiger partial charge in [0.2, 0.25) is 5.91 Å². The molecule has 2 aromatic carbocycles. The fraction of sp³-hybridized carbons (Fsp3) is 0.444. The Hall–Kier alpha value is -3.35. The van der Waals surface area contributed by atoms with Crippen molar-refractivity contribution >= 4 is 17.8 Å². The van der Waals surface area contributed by atoms with Crippen molar-refractivity contribution in [3.8, 4) is 5.75 Å². The van der Waals surface area contributed by atoms with Crippen LogP contribution in [0.3, 0.4) is 0 Å². The lowest BCUT2D eigenvalue weighted by atomic mass is 9.77. The molecule has 1 heterocycles. The summed E-state index contributed by atoms with van der Waals surface area (Å²) in [7, 11) is 0. The quantitative estimate of drug-likeness (QED) is 0.598. The summed E-state index contributed by atoms with van der Waals surface area (Å²) in [5.74, 6) is 0.815. The van der Waals surface area contributed by atoms with Crippen LogP contribution in [0.15, 0.2) is 54.6 Å². The molecule has 1 saturated carbocycles. The lowest BCUT2D eigenvalue weighted by Crippen LogP contribution is -2.50. The number of carbonyl (C=O) groups excluding carboxylic acids is 3. The molecule has 1 spiro atoms. The Morgan fingerprint density at radius 3 is 2.38 bits per heavy atom. The van der Waals surface area contributed by atoms with Gasteiger partial charge in [-0.15, -0.1) is 0 Å². The van der Waals surface area contributed by atoms with Gasteiger partial charge in [-0.2, -0.15) is 0 Å². The van der Waals surface area contributed by atoms with Gasteiger partial charge < -0.3 is 15.0 Å². The van der Waals surface area contributed by atoms with E-state index in [4.69, 9.17) is 4.74 Å². The normalized spacial score (nSPS) is 22.1. The highest BCUT2D eigenvalue weighted by molar-refractivity contribution is 6.09. The molecule has 0 bridgehead atoms. The monoisotopic (exact) mass is 463 g/mol. The zero-order valence-corrected chi connectivity index (χ0v) is 20.0. The Morgan fingerprint density at radius 2 is 1.74 bits per heavy atom. The Labute approximate surface area is 201 Å². The van der Waals surface area contributed by atoms with Gasteiger partial charge in [-0.1, -0.05) is 49.4 Å². The maximum atomic E-state index is 13.1. The fourth-order valence-corrected chi connectivity index (χ4v) is 4.68. The number of nitrogens with one attached hydrogen (secondary N) is 1. The Morgan fingerprint density at radius 1 is 1.06 bits per heavy atom. The number of imide groups is 1. The van der Waals surface area contributed by atoms with E-state index in [2.05, 4.69) is 12.2 Å². The van der Waals surface area contributed by atoms with Crippen LogP contribution in [0.2, 0.25) is 0 Å². The number of amides is 4. The lowest BCUT2D eigenvalue weighted by Gasteiger charge is -2.33. The highest BCUT2D eigenvalue weighted by atomic mass is 16.5. The van der Waals surface area contributed by atoms with Gasteiger partial charge in [-0.3, -0.25) is 14.5 Å². The molecule has 2 aliphatic rings. The fourth-order valence-electron chi connectivity index (χ4n) is 4.68. The first kappa shape index (κ1) is 23.8. The van der Waals surface area contributed by atoms with Crippen LogP contribution in [-0.4, -0.2) is 46.3 Å². The highest BCUT2D eigenvalue weighted by Gasteiger charge is 2.52. The summed E-state index contributed by atoms with van der Waals surface area (Å²) in [6.45, 7) is 5.21. The number of likely N-dealkylation sites (N-methyl/N-ethyl adjacent to an activating group) is 1. The summed E-state index contributed by atoms with van der Waals surface area (Å²) in [5.41, 5.74) is 1.23. The summed E-state index contributed by atoms with van der Waals surface area (Å²) < 4.78 is 5.83. The second-order valence-electron chi connectivity index (χ2n) is 9.41. The molecule has 1 saturated heterocycles. The lowest BCUT2D eigenvalue weighted by molar-refractivity contribution is -0.139. The van der Waals surface area contributed by atoms with Gasteiger partial charge in [0.25, 0.3) is 5.91 Å². The van der Waals surface area contributed by atoms with Crippen molar-refractivity contribution in [2.75, 3.05) is 13.1 Å². The number of ether oxygens (including phenoxy) is 1. The Kier molecular flexibility index (Phi) is 7.20. The van der Waals surface area contributed by atoms with E-state index in [9.17, 15) is 14.4 Å². The van der Waals surface area contributed by atoms with Crippen molar-refractivity contribution in [3.63, 3.8) is 0 Å². The average molecular weight is 464 g/mol. The number of hydrogen-bond donors (Lipinski definition) is 1. The summed E-state index contributed by atoms with van der Waals surface area (Å²) in [4.78, 5) is 41.4. The number of nitrogens with zero attached hydrogens (tertiary/aromatic N) is 2. The molecule has 7 heteroatoms. The van der Waals surface area contributed by atoms with Crippen LogP contribution in [0, 0.1) is 5.92 Å². The van der Waals surface area contributed by atoms with Crippen LogP contribution in [-0.2, 0) is 22.7 Å². The molecule has 180 valence electrons. The van der Waals surface area contributed by atoms with E-state index in [1.54, 1.807) is 4.90 Å². The molecule has 7 nitrogen and oxygen atoms in total. The molecular weight excluding hydrogens is 430 g/mol. The number of carbonyl (C=O) groups is 3. The SMILES string of the molecule is CCN(Cc1ccc(OCc2ccccc2)cc1)C(=O)CN1C(=O)NC2(CCC(C)CC2)C1=O. The molecule has 1 aliphatic heterocycles. The topological polar surface area (TPSA) is 79.0 Å². The summed E-state index contributed by atoms with van der Waals surface area (Å²) in [6.07, 6.45) is 3.08. The van der Waals surface area contributed by atoms with Crippen LogP contribution < -0.4 is 10.1 Å². The minimum Gasteiger partial charge on any atom is -0.489 e. The van der Waals surface area contributed by atoms with Crippen LogP contribution in [0.1, 0.15) is 50.7 Å². The number of rotatable bonds is 8. The molecular formula is C27H33N3O4. The number of hydrogen-bond acceptors (Lipinski definition) is 4. The molecule has 4 amide bonds. The number of urea groups is 1. The van der Waals surface area contributed by atoms with Crippen LogP contribution in [0.25, 0.3) is 0 Å². The number of benzene rings is 2. The summed E-state index contributed by atoms with van der Waals surface area (Å²) >= 11 is 0. The van der Waals surface area contributed by atoms with Crippen LogP contribution in [0.5, 0.6) is 5.75 Å². The molecule has 0 aromatic heterocycles. The van der Waals surface area contributed by atoms with Gasteiger partial charge in [0.15, 0.2) is 0 Å². The van der Waals surface area contributed by atoms with Gasteiger partial charge in [-0.25, -0.2) is 4.79 Å². The van der Waals surface area contributed by atoms with Gasteiger partial charge >= 0.3 is 6.03 Å². The molecule has 1 aliphatic carbocycles. The van der Waals surface area contributed by atoms with E-state index >= 15 is 0 Å². The predicted octanol–water partition coefficient (Wildman–Crippen LogP) is 4.11. The van der Waals surface area contributed by atoms with E-state index in [1.807, 2.05) is 61.5 Å². The minimum absolute atomic E-state index is 0.228. The standard InChI is InChI=1S/C27H33N3O4/c1-3-29(17-21-9-11-23(12-10-21)34-19-22-7-5-4-6-8-22)24(31)18-30-25(32)27(28-26(30)33)15-13-20(2)14-16-27/h4-12,20H,3,13-19H2,1-2H3,(H,28,33). The first-order valence-electron chi connectivity index (χ1n) is 12.1. The third-order valence-corrected chi connectivity index (χ3v) is 6.95. The molecule has 0 atom stereocenters. The van der Waals surface area contributed by atoms with E-state index in [0.717, 1.165) is 34.6 Å². The van der Waals surface area contributed by atoms with Crippen molar-refractivity contribution in [2.45, 2.75) is 58.2 Å². The first-order valence-corrected chi connectivity index (χ1v) is 12.1. The molecule has 2 fully saturated rings. The molecule has 0 radical (unpaired) electrons. The third kappa shape index (κ3) is 5.24. The first-order chi connectivity index (χ1) is 16.4. The van der Waals surface area contributed by atoms with Gasteiger partial charge in [0, 0.05) is 13.1 Å². The molecule has 1 N–H and O–H groups in total. The molecule has 34 heavy (non-hydrogen) atoms. The van der Waals surface area contributed by atoms with E-state index in [1.165, 1.54) is 0 Å². The van der Waals surface area contributed by atoms with Crippen LogP contribution >= 0.6 is 0 Å². The maximum absolute atomic E-state index is 13.1. The maximum Gasteiger partial charge on any atom is 0.325 e. The van der Waals surface area contributed by atoms with E-state index < -0.39 is 11.6 Å². The van der Waals surface area contributed by atoms with Crippen LogP contribution in [0.4, 0.5) is 4.79 Å². The van der Waals surface area contributed by atoms with Gasteiger partial charge in [-0.05, 0) is 61.8 Å². The van der Waals surface area contributed by atoms with Crippen molar-refractivity contribution in [1.29, 1.82) is 0 Å². The van der Waals surface area contributed by atoms with Crippen molar-refractivity contribution in [2.24, 2.45) is 5.92 Å². The van der Waals surface area contributed by atoms with E-state index in [-0.39, 0.29) is 18.4 Å². The van der Waals surface area contributed by atoms with Gasteiger partial charge in [0.1, 0.15) is 24.4 Å².